The van der Waals surface area contributed by atoms with Gasteiger partial charge in [0.05, 0.1) is 36.0 Å². The molecule has 12 heteroatoms. The minimum atomic E-state index is -2.85. The van der Waals surface area contributed by atoms with Gasteiger partial charge in [-0.05, 0) is 36.3 Å². The summed E-state index contributed by atoms with van der Waals surface area (Å²) in [6, 6.07) is 3.05. The van der Waals surface area contributed by atoms with E-state index >= 15 is 0 Å². The number of phenols is 1. The van der Waals surface area contributed by atoms with Crippen LogP contribution in [-0.4, -0.2) is 86.0 Å². The van der Waals surface area contributed by atoms with Crippen molar-refractivity contribution in [3.8, 4) is 5.75 Å². The van der Waals surface area contributed by atoms with Crippen LogP contribution >= 0.6 is 0 Å². The molecule has 41 heavy (non-hydrogen) atoms. The van der Waals surface area contributed by atoms with E-state index in [0.717, 1.165) is 0 Å². The first kappa shape index (κ1) is 30.9. The number of esters is 1. The zero-order valence-corrected chi connectivity index (χ0v) is 24.0. The molecule has 0 aliphatic heterocycles. The van der Waals surface area contributed by atoms with Gasteiger partial charge in [-0.3, -0.25) is 19.2 Å². The summed E-state index contributed by atoms with van der Waals surface area (Å²) in [6.07, 6.45) is -5.45. The summed E-state index contributed by atoms with van der Waals surface area (Å²) < 4.78 is 4.88. The fraction of sp³-hybridized carbons (Fsp3) is 0.655. The lowest BCUT2D eigenvalue weighted by molar-refractivity contribution is -0.306. The maximum Gasteiger partial charge on any atom is 0.325 e. The van der Waals surface area contributed by atoms with Gasteiger partial charge in [-0.25, -0.2) is 0 Å². The summed E-state index contributed by atoms with van der Waals surface area (Å²) >= 11 is 0. The second kappa shape index (κ2) is 10.0. The quantitative estimate of drug-likeness (QED) is 0.137. The molecule has 1 amide bonds. The van der Waals surface area contributed by atoms with Gasteiger partial charge in [0.2, 0.25) is 5.91 Å². The Bertz CT molecular complexity index is 1300. The Morgan fingerprint density at radius 2 is 1.76 bits per heavy atom. The molecule has 2 saturated carbocycles. The number of nitrogens with two attached hydrogens (primary N) is 1. The van der Waals surface area contributed by atoms with Crippen LogP contribution in [0.1, 0.15) is 63.4 Å². The number of aliphatic hydroxyl groups excluding tert-OH is 3. The average Bonchev–Trinajstić information content (AvgIpc) is 2.88. The summed E-state index contributed by atoms with van der Waals surface area (Å²) in [4.78, 5) is 52.2. The van der Waals surface area contributed by atoms with Crippen LogP contribution in [0.2, 0.25) is 0 Å². The third kappa shape index (κ3) is 3.80. The molecule has 3 aliphatic rings. The molecule has 4 rings (SSSR count). The normalized spacial score (nSPS) is 39.9. The van der Waals surface area contributed by atoms with Gasteiger partial charge in [-0.1, -0.05) is 40.7 Å². The summed E-state index contributed by atoms with van der Waals surface area (Å²) in [5, 5.41) is 61.4. The predicted molar refractivity (Wildman–Crippen MR) is 145 cm³/mol. The molecule has 226 valence electrons. The Morgan fingerprint density at radius 3 is 2.29 bits per heavy atom. The number of carbonyl (C=O) groups excluding carboxylic acids is 4. The van der Waals surface area contributed by atoms with Gasteiger partial charge < -0.3 is 41.3 Å². The Morgan fingerprint density at radius 1 is 1.15 bits per heavy atom. The number of fused-ring (bicyclic) bond motifs is 3. The number of rotatable bonds is 6. The highest BCUT2D eigenvalue weighted by Crippen LogP contribution is 2.68. The molecule has 0 saturated heterocycles. The van der Waals surface area contributed by atoms with Crippen LogP contribution < -0.4 is 11.1 Å². The van der Waals surface area contributed by atoms with Crippen molar-refractivity contribution in [3.63, 3.8) is 0 Å². The minimum Gasteiger partial charge on any atom is -0.505 e. The van der Waals surface area contributed by atoms with Gasteiger partial charge >= 0.3 is 5.97 Å². The highest BCUT2D eigenvalue weighted by molar-refractivity contribution is 6.10. The lowest BCUT2D eigenvalue weighted by Gasteiger charge is -2.69. The zero-order chi connectivity index (χ0) is 31.0. The van der Waals surface area contributed by atoms with Gasteiger partial charge in [0, 0.05) is 10.8 Å². The number of ketones is 2. The van der Waals surface area contributed by atoms with Crippen molar-refractivity contribution in [2.75, 3.05) is 18.5 Å². The fourth-order valence-electron chi connectivity index (χ4n) is 8.28. The molecule has 1 aromatic rings. The first-order valence-corrected chi connectivity index (χ1v) is 13.8. The maximum absolute atomic E-state index is 14.2. The van der Waals surface area contributed by atoms with Crippen molar-refractivity contribution >= 4 is 29.1 Å². The third-order valence-electron chi connectivity index (χ3n) is 10.3. The number of benzene rings is 1. The molecule has 8 N–H and O–H groups in total. The van der Waals surface area contributed by atoms with Crippen LogP contribution in [0.15, 0.2) is 12.1 Å². The number of hydrogen-bond donors (Lipinski definition) is 7. The Labute approximate surface area is 237 Å². The van der Waals surface area contributed by atoms with Crippen molar-refractivity contribution in [2.24, 2.45) is 40.2 Å². The van der Waals surface area contributed by atoms with E-state index in [2.05, 4.69) is 5.32 Å². The number of nitrogens with one attached hydrogen (secondary N) is 1. The topological polar surface area (TPSA) is 217 Å². The lowest BCUT2D eigenvalue weighted by atomic mass is 9.36. The Hall–Kier alpha value is -3.06. The standard InChI is InChI=1S/C29H40N2O10/c1-7-41-15(32)10-31-14-9-8-13-12(4)27(5)19(21(34)16(13)20(14)33)24(37)29(40)23(36)17(25(30)38)22(35)18(11(2)3)28(29,6)26(27)39/h8-9,11-12,17-19,22,24,26,31,33,35,37,39-40H,7,10H2,1-6H3,(H2,30,38)/t12-,17-,18+,19-,22?,24?,26-,27+,28+,29+/m1/s1. The number of aromatic hydroxyl groups is 1. The highest BCUT2D eigenvalue weighted by Gasteiger charge is 2.80. The molecule has 0 bridgehead atoms. The van der Waals surface area contributed by atoms with Crippen LogP contribution in [0.4, 0.5) is 5.69 Å². The van der Waals surface area contributed by atoms with Gasteiger partial charge in [-0.2, -0.15) is 0 Å². The smallest absolute Gasteiger partial charge is 0.325 e. The summed E-state index contributed by atoms with van der Waals surface area (Å²) in [5.74, 6) is -10.2. The van der Waals surface area contributed by atoms with E-state index < -0.39 is 93.5 Å². The van der Waals surface area contributed by atoms with E-state index in [4.69, 9.17) is 10.5 Å². The summed E-state index contributed by atoms with van der Waals surface area (Å²) in [5.41, 5.74) is -0.585. The van der Waals surface area contributed by atoms with Gasteiger partial charge in [0.25, 0.3) is 0 Å². The highest BCUT2D eigenvalue weighted by atomic mass is 16.5. The molecule has 0 radical (unpaired) electrons. The van der Waals surface area contributed by atoms with Crippen molar-refractivity contribution in [2.45, 2.75) is 71.4 Å². The molecule has 0 spiro atoms. The molecule has 12 nitrogen and oxygen atoms in total. The second-order valence-electron chi connectivity index (χ2n) is 12.4. The molecular formula is C29H40N2O10. The van der Waals surface area contributed by atoms with Crippen molar-refractivity contribution in [1.29, 1.82) is 0 Å². The number of hydrogen-bond acceptors (Lipinski definition) is 11. The monoisotopic (exact) mass is 576 g/mol. The number of anilines is 1. The van der Waals surface area contributed by atoms with E-state index in [0.29, 0.717) is 5.56 Å². The van der Waals surface area contributed by atoms with E-state index in [1.165, 1.54) is 13.0 Å². The van der Waals surface area contributed by atoms with E-state index in [1.807, 2.05) is 0 Å². The molecule has 0 aromatic heterocycles. The zero-order valence-electron chi connectivity index (χ0n) is 24.0. The number of phenolic OH excluding ortho intramolecular Hbond substituents is 1. The largest absolute Gasteiger partial charge is 0.505 e. The third-order valence-corrected chi connectivity index (χ3v) is 10.3. The van der Waals surface area contributed by atoms with E-state index in [-0.39, 0.29) is 24.4 Å². The van der Waals surface area contributed by atoms with Crippen LogP contribution in [-0.2, 0) is 19.1 Å². The van der Waals surface area contributed by atoms with Crippen LogP contribution in [0.3, 0.4) is 0 Å². The number of carbonyl (C=O) groups is 4. The first-order valence-electron chi connectivity index (χ1n) is 13.8. The number of aliphatic hydroxyl groups is 4. The van der Waals surface area contributed by atoms with Crippen molar-refractivity contribution in [3.05, 3.63) is 23.3 Å². The number of primary amides is 1. The van der Waals surface area contributed by atoms with Crippen molar-refractivity contribution < 1.29 is 49.4 Å². The maximum atomic E-state index is 14.2. The fourth-order valence-corrected chi connectivity index (χ4v) is 8.28. The van der Waals surface area contributed by atoms with Crippen LogP contribution in [0, 0.1) is 34.5 Å². The summed E-state index contributed by atoms with van der Waals surface area (Å²) in [7, 11) is 0. The number of ether oxygens (including phenoxy) is 1. The van der Waals surface area contributed by atoms with Crippen LogP contribution in [0.25, 0.3) is 0 Å². The molecular weight excluding hydrogens is 536 g/mol. The average molecular weight is 577 g/mol. The molecule has 1 aromatic carbocycles. The Kier molecular flexibility index (Phi) is 7.56. The SMILES string of the molecule is CCOC(=O)CNc1ccc2c(c1O)C(=O)[C@@H]1C(O)[C@@]3(O)C(=O)[C@H](C(N)=O)C(O)[C@H](C(C)C)[C@@]3(C)[C@H](O)[C@@]1(C)[C@@H]2C. The molecule has 10 atom stereocenters. The first-order chi connectivity index (χ1) is 18.9. The second-order valence-corrected chi connectivity index (χ2v) is 12.4. The number of amides is 1. The molecule has 2 fully saturated rings. The molecule has 0 heterocycles. The molecule has 3 aliphatic carbocycles. The predicted octanol–water partition coefficient (Wildman–Crippen LogP) is 0.0796. The lowest BCUT2D eigenvalue weighted by Crippen LogP contribution is -2.83. The van der Waals surface area contributed by atoms with Crippen LogP contribution in [0.5, 0.6) is 5.75 Å². The van der Waals surface area contributed by atoms with Gasteiger partial charge in [-0.15, -0.1) is 0 Å². The van der Waals surface area contributed by atoms with E-state index in [1.54, 1.807) is 40.7 Å². The van der Waals surface area contributed by atoms with E-state index in [9.17, 15) is 44.7 Å². The Balaban J connectivity index is 1.92. The van der Waals surface area contributed by atoms with Gasteiger partial charge in [0.15, 0.2) is 17.2 Å². The van der Waals surface area contributed by atoms with Gasteiger partial charge in [0.1, 0.15) is 24.3 Å². The summed E-state index contributed by atoms with van der Waals surface area (Å²) in [6.45, 7) is 9.53. The molecule has 2 unspecified atom stereocenters. The minimum absolute atomic E-state index is 0.0425. The number of Topliss-reactive ketones (excluding diaryl/α,β-unsaturated/α-hetero) is 2. The van der Waals surface area contributed by atoms with Crippen molar-refractivity contribution in [1.82, 2.24) is 0 Å².